The Morgan fingerprint density at radius 1 is 1.17 bits per heavy atom. The molecule has 1 aliphatic rings. The van der Waals surface area contributed by atoms with Gasteiger partial charge in [0, 0.05) is 5.54 Å². The van der Waals surface area contributed by atoms with E-state index in [1.807, 2.05) is 0 Å². The molecule has 2 unspecified atom stereocenters. The van der Waals surface area contributed by atoms with Crippen LogP contribution in [0.3, 0.4) is 0 Å². The van der Waals surface area contributed by atoms with Crippen LogP contribution in [-0.4, -0.2) is 23.9 Å². The van der Waals surface area contributed by atoms with Crippen molar-refractivity contribution in [3.05, 3.63) is 29.3 Å². The van der Waals surface area contributed by atoms with E-state index in [1.54, 1.807) is 0 Å². The maximum absolute atomic E-state index is 9.66. The molecule has 0 radical (unpaired) electrons. The zero-order valence-electron chi connectivity index (χ0n) is 15.5. The Balaban J connectivity index is 1.87. The number of ether oxygens (including phenoxy) is 1. The van der Waals surface area contributed by atoms with Crippen LogP contribution >= 0.6 is 0 Å². The maximum atomic E-state index is 9.66. The molecule has 3 nitrogen and oxygen atoms in total. The molecular formula is C21H35NO2. The fraction of sp³-hybridized carbons (Fsp3) is 0.714. The van der Waals surface area contributed by atoms with Crippen molar-refractivity contribution in [2.75, 3.05) is 13.2 Å². The average molecular weight is 334 g/mol. The largest absolute Gasteiger partial charge is 0.494 e. The summed E-state index contributed by atoms with van der Waals surface area (Å²) < 4.78 is 5.92. The monoisotopic (exact) mass is 333 g/mol. The van der Waals surface area contributed by atoms with Gasteiger partial charge in [-0.3, -0.25) is 0 Å². The number of nitrogens with two attached hydrogens (primary N) is 1. The summed E-state index contributed by atoms with van der Waals surface area (Å²) in [4.78, 5) is 0. The number of rotatable bonds is 10. The SMILES string of the molecule is CCCCCCCOc1ccc2c(c1)CCC(C(N)(CC)CO)C2. The van der Waals surface area contributed by atoms with Crippen LogP contribution in [0.15, 0.2) is 18.2 Å². The summed E-state index contributed by atoms with van der Waals surface area (Å²) in [6.07, 6.45) is 10.2. The first-order chi connectivity index (χ1) is 11.6. The fourth-order valence-corrected chi connectivity index (χ4v) is 3.74. The Morgan fingerprint density at radius 3 is 2.67 bits per heavy atom. The molecule has 1 aliphatic carbocycles. The second-order valence-electron chi connectivity index (χ2n) is 7.38. The van der Waals surface area contributed by atoms with Crippen LogP contribution in [0.25, 0.3) is 0 Å². The van der Waals surface area contributed by atoms with Crippen molar-refractivity contribution in [2.45, 2.75) is 77.2 Å². The second kappa shape index (κ2) is 9.43. The molecule has 0 fully saturated rings. The lowest BCUT2D eigenvalue weighted by Crippen LogP contribution is -2.51. The third kappa shape index (κ3) is 4.97. The van der Waals surface area contributed by atoms with Crippen LogP contribution in [0.2, 0.25) is 0 Å². The van der Waals surface area contributed by atoms with Gasteiger partial charge in [0.05, 0.1) is 13.2 Å². The minimum Gasteiger partial charge on any atom is -0.494 e. The van der Waals surface area contributed by atoms with E-state index in [1.165, 1.54) is 36.8 Å². The summed E-state index contributed by atoms with van der Waals surface area (Å²) in [7, 11) is 0. The van der Waals surface area contributed by atoms with Gasteiger partial charge in [-0.2, -0.15) is 0 Å². The van der Waals surface area contributed by atoms with Crippen molar-refractivity contribution < 1.29 is 9.84 Å². The summed E-state index contributed by atoms with van der Waals surface area (Å²) in [5, 5.41) is 9.66. The van der Waals surface area contributed by atoms with Crippen LogP contribution in [0, 0.1) is 5.92 Å². The van der Waals surface area contributed by atoms with Gasteiger partial charge in [-0.05, 0) is 61.3 Å². The minimum atomic E-state index is -0.439. The molecule has 3 N–H and O–H groups in total. The second-order valence-corrected chi connectivity index (χ2v) is 7.38. The smallest absolute Gasteiger partial charge is 0.119 e. The molecule has 0 aliphatic heterocycles. The highest BCUT2D eigenvalue weighted by atomic mass is 16.5. The number of hydrogen-bond donors (Lipinski definition) is 2. The van der Waals surface area contributed by atoms with Crippen molar-refractivity contribution in [3.8, 4) is 5.75 Å². The van der Waals surface area contributed by atoms with Crippen molar-refractivity contribution in [2.24, 2.45) is 11.7 Å². The van der Waals surface area contributed by atoms with Crippen molar-refractivity contribution in [1.29, 1.82) is 0 Å². The molecule has 2 rings (SSSR count). The lowest BCUT2D eigenvalue weighted by Gasteiger charge is -2.38. The molecule has 136 valence electrons. The molecule has 24 heavy (non-hydrogen) atoms. The molecule has 2 atom stereocenters. The molecule has 0 saturated carbocycles. The van der Waals surface area contributed by atoms with E-state index in [0.717, 1.165) is 44.5 Å². The quantitative estimate of drug-likeness (QED) is 0.630. The topological polar surface area (TPSA) is 55.5 Å². The lowest BCUT2D eigenvalue weighted by atomic mass is 9.72. The highest BCUT2D eigenvalue weighted by molar-refractivity contribution is 5.38. The van der Waals surface area contributed by atoms with Crippen LogP contribution in [0.1, 0.15) is 69.9 Å². The maximum Gasteiger partial charge on any atom is 0.119 e. The Kier molecular flexibility index (Phi) is 7.57. The molecule has 1 aromatic rings. The molecular weight excluding hydrogens is 298 g/mol. The molecule has 1 aromatic carbocycles. The number of hydrogen-bond acceptors (Lipinski definition) is 3. The molecule has 3 heteroatoms. The van der Waals surface area contributed by atoms with E-state index in [4.69, 9.17) is 10.5 Å². The van der Waals surface area contributed by atoms with Gasteiger partial charge in [-0.15, -0.1) is 0 Å². The summed E-state index contributed by atoms with van der Waals surface area (Å²) in [5.74, 6) is 1.37. The molecule has 0 saturated heterocycles. The van der Waals surface area contributed by atoms with E-state index < -0.39 is 5.54 Å². The molecule has 0 heterocycles. The number of benzene rings is 1. The molecule has 0 aromatic heterocycles. The number of aliphatic hydroxyl groups is 1. The van der Waals surface area contributed by atoms with Crippen LogP contribution in [0.4, 0.5) is 0 Å². The van der Waals surface area contributed by atoms with E-state index >= 15 is 0 Å². The predicted molar refractivity (Wildman–Crippen MR) is 101 cm³/mol. The first-order valence-electron chi connectivity index (χ1n) is 9.77. The van der Waals surface area contributed by atoms with Gasteiger partial charge in [-0.1, -0.05) is 45.6 Å². The fourth-order valence-electron chi connectivity index (χ4n) is 3.74. The van der Waals surface area contributed by atoms with Crippen LogP contribution in [0.5, 0.6) is 5.75 Å². The van der Waals surface area contributed by atoms with Gasteiger partial charge in [0.1, 0.15) is 5.75 Å². The third-order valence-electron chi connectivity index (χ3n) is 5.69. The van der Waals surface area contributed by atoms with Gasteiger partial charge in [-0.25, -0.2) is 0 Å². The zero-order valence-corrected chi connectivity index (χ0v) is 15.5. The first-order valence-corrected chi connectivity index (χ1v) is 9.77. The highest BCUT2D eigenvalue weighted by Gasteiger charge is 2.35. The van der Waals surface area contributed by atoms with E-state index in [0.29, 0.717) is 5.92 Å². The summed E-state index contributed by atoms with van der Waals surface area (Å²) in [5.41, 5.74) is 8.73. The first kappa shape index (κ1) is 19.3. The summed E-state index contributed by atoms with van der Waals surface area (Å²) in [6.45, 7) is 5.20. The Hall–Kier alpha value is -1.06. The number of unbranched alkanes of at least 4 members (excludes halogenated alkanes) is 4. The number of aryl methyl sites for hydroxylation is 1. The number of aliphatic hydroxyl groups excluding tert-OH is 1. The summed E-state index contributed by atoms with van der Waals surface area (Å²) >= 11 is 0. The standard InChI is InChI=1S/C21H35NO2/c1-3-5-6-7-8-13-24-20-12-10-17-14-19(11-9-18(17)15-20)21(22,4-2)16-23/h10,12,15,19,23H,3-9,11,13-14,16,22H2,1-2H3. The van der Waals surface area contributed by atoms with Crippen molar-refractivity contribution in [3.63, 3.8) is 0 Å². The summed E-state index contributed by atoms with van der Waals surface area (Å²) in [6, 6.07) is 6.50. The minimum absolute atomic E-state index is 0.0721. The van der Waals surface area contributed by atoms with Gasteiger partial charge >= 0.3 is 0 Å². The zero-order chi connectivity index (χ0) is 17.4. The molecule has 0 spiro atoms. The van der Waals surface area contributed by atoms with Gasteiger partial charge in [0.15, 0.2) is 0 Å². The third-order valence-corrected chi connectivity index (χ3v) is 5.69. The van der Waals surface area contributed by atoms with Gasteiger partial charge in [0.25, 0.3) is 0 Å². The predicted octanol–water partition coefficient (Wildman–Crippen LogP) is 4.24. The van der Waals surface area contributed by atoms with Gasteiger partial charge in [0.2, 0.25) is 0 Å². The molecule has 0 bridgehead atoms. The van der Waals surface area contributed by atoms with Crippen molar-refractivity contribution in [1.82, 2.24) is 0 Å². The Bertz CT molecular complexity index is 497. The Labute approximate surface area is 147 Å². The number of fused-ring (bicyclic) bond motifs is 1. The highest BCUT2D eigenvalue weighted by Crippen LogP contribution is 2.34. The average Bonchev–Trinajstić information content (AvgIpc) is 2.63. The van der Waals surface area contributed by atoms with Crippen LogP contribution < -0.4 is 10.5 Å². The normalized spacial score (nSPS) is 19.6. The van der Waals surface area contributed by atoms with Gasteiger partial charge < -0.3 is 15.6 Å². The van der Waals surface area contributed by atoms with E-state index in [-0.39, 0.29) is 6.61 Å². The molecule has 0 amide bonds. The lowest BCUT2D eigenvalue weighted by molar-refractivity contribution is 0.125. The van der Waals surface area contributed by atoms with E-state index in [2.05, 4.69) is 32.0 Å². The van der Waals surface area contributed by atoms with E-state index in [9.17, 15) is 5.11 Å². The Morgan fingerprint density at radius 2 is 1.96 bits per heavy atom. The van der Waals surface area contributed by atoms with Crippen molar-refractivity contribution >= 4 is 0 Å². The van der Waals surface area contributed by atoms with Crippen LogP contribution in [-0.2, 0) is 12.8 Å².